The summed E-state index contributed by atoms with van der Waals surface area (Å²) in [4.78, 5) is 38.6. The van der Waals surface area contributed by atoms with Crippen LogP contribution in [0, 0.1) is 23.6 Å². The van der Waals surface area contributed by atoms with Gasteiger partial charge in [-0.25, -0.2) is 14.0 Å². The standard InChI is InChI=1S/C26H29FN2O4S/c1-4-13-29(26(33)28-23(25(31)32)17-34-16-18(2)3)24(30)21-9-5-7-19(14-21)11-12-20-8-6-10-22(27)15-20/h5-10,14-15,18,23H,4,13,16-17H2,1-3H3,(H,28,33)(H,31,32)/t23-/m0/s1. The minimum absolute atomic E-state index is 0.134. The van der Waals surface area contributed by atoms with E-state index in [1.165, 1.54) is 23.9 Å². The molecule has 0 aromatic heterocycles. The fraction of sp³-hybridized carbons (Fsp3) is 0.346. The first kappa shape index (κ1) is 26.9. The van der Waals surface area contributed by atoms with Crippen molar-refractivity contribution in [1.82, 2.24) is 10.2 Å². The quantitative estimate of drug-likeness (QED) is 0.507. The van der Waals surface area contributed by atoms with Crippen molar-refractivity contribution >= 4 is 29.7 Å². The Hall–Kier alpha value is -3.31. The van der Waals surface area contributed by atoms with Gasteiger partial charge in [0.2, 0.25) is 0 Å². The molecule has 2 aromatic rings. The third kappa shape index (κ3) is 8.56. The Morgan fingerprint density at radius 1 is 1.06 bits per heavy atom. The van der Waals surface area contributed by atoms with Gasteiger partial charge in [-0.15, -0.1) is 0 Å². The van der Waals surface area contributed by atoms with Gasteiger partial charge in [-0.1, -0.05) is 44.7 Å². The van der Waals surface area contributed by atoms with E-state index < -0.39 is 23.9 Å². The topological polar surface area (TPSA) is 86.7 Å². The molecule has 0 saturated carbocycles. The molecule has 34 heavy (non-hydrogen) atoms. The number of aliphatic carboxylic acids is 1. The fourth-order valence-corrected chi connectivity index (χ4v) is 4.01. The first-order chi connectivity index (χ1) is 16.2. The Bertz CT molecular complexity index is 1080. The largest absolute Gasteiger partial charge is 0.480 e. The number of carboxylic acids is 1. The van der Waals surface area contributed by atoms with Crippen molar-refractivity contribution in [2.45, 2.75) is 33.2 Å². The maximum absolute atomic E-state index is 13.4. The number of amides is 3. The first-order valence-electron chi connectivity index (χ1n) is 11.0. The Morgan fingerprint density at radius 2 is 1.71 bits per heavy atom. The van der Waals surface area contributed by atoms with Gasteiger partial charge in [0.05, 0.1) is 0 Å². The van der Waals surface area contributed by atoms with Crippen molar-refractivity contribution in [2.75, 3.05) is 18.1 Å². The van der Waals surface area contributed by atoms with E-state index in [-0.39, 0.29) is 23.7 Å². The van der Waals surface area contributed by atoms with Gasteiger partial charge >= 0.3 is 12.0 Å². The summed E-state index contributed by atoms with van der Waals surface area (Å²) in [6.45, 7) is 6.01. The maximum atomic E-state index is 13.4. The van der Waals surface area contributed by atoms with Gasteiger partial charge in [0.25, 0.3) is 5.91 Å². The fourth-order valence-electron chi connectivity index (χ4n) is 2.94. The summed E-state index contributed by atoms with van der Waals surface area (Å²) in [6.07, 6.45) is 0.512. The summed E-state index contributed by atoms with van der Waals surface area (Å²) in [5.74, 6) is 5.02. The molecule has 0 radical (unpaired) electrons. The van der Waals surface area contributed by atoms with Crippen molar-refractivity contribution in [3.05, 3.63) is 71.0 Å². The second kappa shape index (κ2) is 13.4. The number of urea groups is 1. The molecule has 0 aliphatic rings. The summed E-state index contributed by atoms with van der Waals surface area (Å²) in [7, 11) is 0. The number of imide groups is 1. The van der Waals surface area contributed by atoms with Crippen LogP contribution in [0.2, 0.25) is 0 Å². The number of carboxylic acid groups (broad SMARTS) is 1. The Labute approximate surface area is 203 Å². The molecule has 0 bridgehead atoms. The van der Waals surface area contributed by atoms with Crippen molar-refractivity contribution < 1.29 is 23.9 Å². The van der Waals surface area contributed by atoms with Gasteiger partial charge in [0.15, 0.2) is 0 Å². The Kier molecular flexibility index (Phi) is 10.6. The van der Waals surface area contributed by atoms with Gasteiger partial charge < -0.3 is 10.4 Å². The van der Waals surface area contributed by atoms with Crippen LogP contribution in [-0.2, 0) is 4.79 Å². The number of carbonyl (C=O) groups is 3. The molecule has 8 heteroatoms. The predicted octanol–water partition coefficient (Wildman–Crippen LogP) is 4.63. The lowest BCUT2D eigenvalue weighted by Gasteiger charge is -2.23. The highest BCUT2D eigenvalue weighted by Gasteiger charge is 2.27. The van der Waals surface area contributed by atoms with Crippen LogP contribution in [-0.4, -0.2) is 52.0 Å². The lowest BCUT2D eigenvalue weighted by molar-refractivity contribution is -0.138. The zero-order chi connectivity index (χ0) is 25.1. The van der Waals surface area contributed by atoms with Crippen LogP contribution in [0.5, 0.6) is 0 Å². The number of benzene rings is 2. The van der Waals surface area contributed by atoms with Crippen molar-refractivity contribution in [3.8, 4) is 11.8 Å². The zero-order valence-electron chi connectivity index (χ0n) is 19.5. The molecular weight excluding hydrogens is 455 g/mol. The summed E-state index contributed by atoms with van der Waals surface area (Å²) in [6, 6.07) is 10.5. The number of hydrogen-bond donors (Lipinski definition) is 2. The van der Waals surface area contributed by atoms with E-state index in [1.54, 1.807) is 36.4 Å². The predicted molar refractivity (Wildman–Crippen MR) is 132 cm³/mol. The summed E-state index contributed by atoms with van der Waals surface area (Å²) < 4.78 is 13.4. The summed E-state index contributed by atoms with van der Waals surface area (Å²) in [5.41, 5.74) is 1.27. The molecule has 2 N–H and O–H groups in total. The van der Waals surface area contributed by atoms with Gasteiger partial charge in [-0.3, -0.25) is 9.69 Å². The Morgan fingerprint density at radius 3 is 2.29 bits per heavy atom. The molecule has 0 unspecified atom stereocenters. The average molecular weight is 485 g/mol. The molecular formula is C26H29FN2O4S. The monoisotopic (exact) mass is 484 g/mol. The van der Waals surface area contributed by atoms with Crippen LogP contribution in [0.4, 0.5) is 9.18 Å². The second-order valence-corrected chi connectivity index (χ2v) is 9.14. The third-order valence-electron chi connectivity index (χ3n) is 4.55. The lowest BCUT2D eigenvalue weighted by Crippen LogP contribution is -2.51. The maximum Gasteiger partial charge on any atom is 0.327 e. The number of rotatable bonds is 9. The van der Waals surface area contributed by atoms with Crippen LogP contribution in [0.3, 0.4) is 0 Å². The molecule has 6 nitrogen and oxygen atoms in total. The molecule has 0 heterocycles. The molecule has 0 aliphatic heterocycles. The molecule has 3 amide bonds. The summed E-state index contributed by atoms with van der Waals surface area (Å²) >= 11 is 1.44. The molecule has 0 spiro atoms. The molecule has 1 atom stereocenters. The molecule has 180 valence electrons. The van der Waals surface area contributed by atoms with E-state index in [1.807, 2.05) is 20.8 Å². The number of halogens is 1. The zero-order valence-corrected chi connectivity index (χ0v) is 20.3. The van der Waals surface area contributed by atoms with Crippen molar-refractivity contribution in [2.24, 2.45) is 5.92 Å². The SMILES string of the molecule is CCCN(C(=O)N[C@@H](CSCC(C)C)C(=O)O)C(=O)c1cccc(C#Cc2cccc(F)c2)c1. The average Bonchev–Trinajstić information content (AvgIpc) is 2.80. The van der Waals surface area contributed by atoms with E-state index in [9.17, 15) is 23.9 Å². The molecule has 2 aromatic carbocycles. The van der Waals surface area contributed by atoms with Crippen LogP contribution < -0.4 is 5.32 Å². The minimum atomic E-state index is -1.15. The van der Waals surface area contributed by atoms with Crippen molar-refractivity contribution in [3.63, 3.8) is 0 Å². The highest BCUT2D eigenvalue weighted by Crippen LogP contribution is 2.12. The van der Waals surface area contributed by atoms with E-state index in [4.69, 9.17) is 0 Å². The Balaban J connectivity index is 2.17. The smallest absolute Gasteiger partial charge is 0.327 e. The lowest BCUT2D eigenvalue weighted by atomic mass is 10.1. The molecule has 0 saturated heterocycles. The van der Waals surface area contributed by atoms with E-state index in [2.05, 4.69) is 17.2 Å². The molecule has 0 fully saturated rings. The van der Waals surface area contributed by atoms with E-state index >= 15 is 0 Å². The number of nitrogens with one attached hydrogen (secondary N) is 1. The number of hydrogen-bond acceptors (Lipinski definition) is 4. The third-order valence-corrected chi connectivity index (χ3v) is 6.03. The van der Waals surface area contributed by atoms with E-state index in [0.29, 0.717) is 23.5 Å². The molecule has 0 aliphatic carbocycles. The highest BCUT2D eigenvalue weighted by atomic mass is 32.2. The van der Waals surface area contributed by atoms with Crippen LogP contribution in [0.25, 0.3) is 0 Å². The van der Waals surface area contributed by atoms with Gasteiger partial charge in [0, 0.05) is 29.0 Å². The number of carbonyl (C=O) groups excluding carboxylic acids is 2. The van der Waals surface area contributed by atoms with Crippen LogP contribution in [0.15, 0.2) is 48.5 Å². The van der Waals surface area contributed by atoms with Crippen LogP contribution >= 0.6 is 11.8 Å². The number of thioether (sulfide) groups is 1. The van der Waals surface area contributed by atoms with Gasteiger partial charge in [-0.2, -0.15) is 11.8 Å². The molecule has 2 rings (SSSR count). The van der Waals surface area contributed by atoms with E-state index in [0.717, 1.165) is 10.7 Å². The highest BCUT2D eigenvalue weighted by molar-refractivity contribution is 7.99. The minimum Gasteiger partial charge on any atom is -0.480 e. The van der Waals surface area contributed by atoms with Crippen LogP contribution in [0.1, 0.15) is 48.7 Å². The summed E-state index contributed by atoms with van der Waals surface area (Å²) in [5, 5.41) is 12.0. The first-order valence-corrected chi connectivity index (χ1v) is 12.2. The van der Waals surface area contributed by atoms with Gasteiger partial charge in [-0.05, 0) is 54.5 Å². The number of nitrogens with zero attached hydrogens (tertiary/aromatic N) is 1. The second-order valence-electron chi connectivity index (χ2n) is 8.07. The normalized spacial score (nSPS) is 11.3. The van der Waals surface area contributed by atoms with Crippen molar-refractivity contribution in [1.29, 1.82) is 0 Å². The van der Waals surface area contributed by atoms with Gasteiger partial charge in [0.1, 0.15) is 11.9 Å².